The zero-order chi connectivity index (χ0) is 20.1. The Morgan fingerprint density at radius 1 is 1.31 bits per heavy atom. The molecule has 0 bridgehead atoms. The van der Waals surface area contributed by atoms with Gasteiger partial charge in [0.15, 0.2) is 5.69 Å². The molecule has 4 rings (SSSR count). The third-order valence-corrected chi connectivity index (χ3v) is 6.41. The molecule has 1 atom stereocenters. The molecule has 158 valence electrons. The molecule has 6 heteroatoms. The summed E-state index contributed by atoms with van der Waals surface area (Å²) in [4.78, 5) is 15.0. The van der Waals surface area contributed by atoms with Gasteiger partial charge in [-0.15, -0.1) is 6.58 Å². The molecule has 3 aliphatic rings. The molecule has 0 spiro atoms. The number of hydrogen-bond acceptors (Lipinski definition) is 4. The average Bonchev–Trinajstić information content (AvgIpc) is 3.13. The first-order valence-corrected chi connectivity index (χ1v) is 11.2. The van der Waals surface area contributed by atoms with Gasteiger partial charge in [0.05, 0.1) is 19.8 Å². The molecule has 2 heterocycles. The number of carbonyl (C=O) groups is 1. The number of carbonyl (C=O) groups excluding carboxylic acids is 1. The van der Waals surface area contributed by atoms with Crippen molar-refractivity contribution in [1.82, 2.24) is 20.0 Å². The van der Waals surface area contributed by atoms with Gasteiger partial charge in [-0.1, -0.05) is 17.7 Å². The zero-order valence-corrected chi connectivity index (χ0v) is 17.5. The molecule has 1 aromatic heterocycles. The predicted molar refractivity (Wildman–Crippen MR) is 114 cm³/mol. The van der Waals surface area contributed by atoms with Crippen LogP contribution in [0.4, 0.5) is 0 Å². The zero-order valence-electron chi connectivity index (χ0n) is 17.5. The minimum atomic E-state index is 0.0559. The van der Waals surface area contributed by atoms with E-state index >= 15 is 0 Å². The molecule has 0 aromatic carbocycles. The summed E-state index contributed by atoms with van der Waals surface area (Å²) >= 11 is 0. The molecule has 29 heavy (non-hydrogen) atoms. The van der Waals surface area contributed by atoms with E-state index in [0.29, 0.717) is 44.6 Å². The minimum Gasteiger partial charge on any atom is -0.378 e. The molecule has 1 aromatic rings. The number of nitrogens with zero attached hydrogens (tertiary/aromatic N) is 3. The molecular formula is C23H34N4O2. The first-order chi connectivity index (χ1) is 14.3. The highest BCUT2D eigenvalue weighted by Crippen LogP contribution is 2.27. The Bertz CT molecular complexity index is 761. The Morgan fingerprint density at radius 2 is 2.17 bits per heavy atom. The minimum absolute atomic E-state index is 0.0559. The number of fused-ring (bicyclic) bond motifs is 1. The summed E-state index contributed by atoms with van der Waals surface area (Å²) in [5, 5.41) is 8.48. The number of rotatable bonds is 7. The highest BCUT2D eigenvalue weighted by Gasteiger charge is 2.31. The first kappa shape index (κ1) is 20.4. The van der Waals surface area contributed by atoms with Gasteiger partial charge in [0.2, 0.25) is 0 Å². The lowest BCUT2D eigenvalue weighted by atomic mass is 9.90. The standard InChI is InChI=1S/C23H34N4O2/c1-2-12-27-21-9-8-19(24-11-10-18-6-4-3-5-7-18)17-20(21)22(25-27)23(28)26-13-15-29-16-14-26/h2,6,19,24H,1,3-5,7-17H2. The molecule has 2 aliphatic carbocycles. The van der Waals surface area contributed by atoms with E-state index in [0.717, 1.165) is 37.8 Å². The smallest absolute Gasteiger partial charge is 0.274 e. The van der Waals surface area contributed by atoms with Gasteiger partial charge < -0.3 is 15.0 Å². The van der Waals surface area contributed by atoms with Gasteiger partial charge in [-0.2, -0.15) is 5.10 Å². The number of aromatic nitrogens is 2. The van der Waals surface area contributed by atoms with Crippen molar-refractivity contribution >= 4 is 5.91 Å². The fourth-order valence-corrected chi connectivity index (χ4v) is 4.79. The van der Waals surface area contributed by atoms with Gasteiger partial charge in [-0.3, -0.25) is 9.48 Å². The van der Waals surface area contributed by atoms with Crippen molar-refractivity contribution in [1.29, 1.82) is 0 Å². The van der Waals surface area contributed by atoms with Crippen LogP contribution in [-0.2, 0) is 24.1 Å². The largest absolute Gasteiger partial charge is 0.378 e. The van der Waals surface area contributed by atoms with Crippen LogP contribution in [0.15, 0.2) is 24.3 Å². The van der Waals surface area contributed by atoms with Crippen LogP contribution in [-0.4, -0.2) is 59.5 Å². The average molecular weight is 399 g/mol. The Morgan fingerprint density at radius 3 is 2.93 bits per heavy atom. The second-order valence-corrected chi connectivity index (χ2v) is 8.40. The Labute approximate surface area is 174 Å². The van der Waals surface area contributed by atoms with E-state index in [1.165, 1.54) is 31.4 Å². The van der Waals surface area contributed by atoms with E-state index in [-0.39, 0.29) is 5.91 Å². The van der Waals surface area contributed by atoms with E-state index in [1.807, 2.05) is 15.7 Å². The quantitative estimate of drug-likeness (QED) is 0.718. The molecule has 1 unspecified atom stereocenters. The van der Waals surface area contributed by atoms with Gasteiger partial charge in [0, 0.05) is 30.4 Å². The fraction of sp³-hybridized carbons (Fsp3) is 0.652. The summed E-state index contributed by atoms with van der Waals surface area (Å²) < 4.78 is 7.39. The van der Waals surface area contributed by atoms with E-state index in [2.05, 4.69) is 18.0 Å². The van der Waals surface area contributed by atoms with Gasteiger partial charge in [0.1, 0.15) is 0 Å². The summed E-state index contributed by atoms with van der Waals surface area (Å²) in [6, 6.07) is 0.421. The van der Waals surface area contributed by atoms with Crippen LogP contribution in [0.2, 0.25) is 0 Å². The number of allylic oxidation sites excluding steroid dienone is 2. The topological polar surface area (TPSA) is 59.4 Å². The van der Waals surface area contributed by atoms with Crippen molar-refractivity contribution in [3.05, 3.63) is 41.3 Å². The highest BCUT2D eigenvalue weighted by molar-refractivity contribution is 5.94. The third kappa shape index (κ3) is 4.81. The molecule has 1 aliphatic heterocycles. The maximum atomic E-state index is 13.2. The lowest BCUT2D eigenvalue weighted by Crippen LogP contribution is -2.42. The SMILES string of the molecule is C=CCn1nc(C(=O)N2CCOCC2)c2c1CCC(NCCC1=CCCCC1)C2. The molecule has 1 saturated heterocycles. The number of nitrogens with one attached hydrogen (secondary N) is 1. The molecule has 0 radical (unpaired) electrons. The van der Waals surface area contributed by atoms with Crippen LogP contribution in [0.5, 0.6) is 0 Å². The van der Waals surface area contributed by atoms with Crippen LogP contribution < -0.4 is 5.32 Å². The van der Waals surface area contributed by atoms with Crippen LogP contribution in [0, 0.1) is 0 Å². The van der Waals surface area contributed by atoms with Crippen molar-refractivity contribution in [3.8, 4) is 0 Å². The molecule has 1 amide bonds. The Hall–Kier alpha value is -1.92. The van der Waals surface area contributed by atoms with E-state index in [9.17, 15) is 4.79 Å². The predicted octanol–water partition coefficient (Wildman–Crippen LogP) is 2.88. The summed E-state index contributed by atoms with van der Waals surface area (Å²) in [5.74, 6) is 0.0559. The Kier molecular flexibility index (Phi) is 6.82. The van der Waals surface area contributed by atoms with Crippen LogP contribution in [0.25, 0.3) is 0 Å². The van der Waals surface area contributed by atoms with Crippen molar-refractivity contribution in [2.45, 2.75) is 64.0 Å². The molecule has 6 nitrogen and oxygen atoms in total. The lowest BCUT2D eigenvalue weighted by Gasteiger charge is -2.28. The monoisotopic (exact) mass is 398 g/mol. The molecular weight excluding hydrogens is 364 g/mol. The van der Waals surface area contributed by atoms with Crippen LogP contribution in [0.1, 0.15) is 60.3 Å². The molecule has 1 N–H and O–H groups in total. The summed E-state index contributed by atoms with van der Waals surface area (Å²) in [5.41, 5.74) is 4.62. The van der Waals surface area contributed by atoms with Gasteiger partial charge in [0.25, 0.3) is 5.91 Å². The van der Waals surface area contributed by atoms with E-state index < -0.39 is 0 Å². The van der Waals surface area contributed by atoms with E-state index in [1.54, 1.807) is 5.57 Å². The lowest BCUT2D eigenvalue weighted by molar-refractivity contribution is 0.0297. The summed E-state index contributed by atoms with van der Waals surface area (Å²) in [6.45, 7) is 8.07. The van der Waals surface area contributed by atoms with Gasteiger partial charge in [-0.05, 0) is 57.9 Å². The second-order valence-electron chi connectivity index (χ2n) is 8.40. The first-order valence-electron chi connectivity index (χ1n) is 11.2. The number of hydrogen-bond donors (Lipinski definition) is 1. The summed E-state index contributed by atoms with van der Waals surface area (Å²) in [7, 11) is 0. The van der Waals surface area contributed by atoms with Crippen molar-refractivity contribution in [3.63, 3.8) is 0 Å². The van der Waals surface area contributed by atoms with Crippen molar-refractivity contribution in [2.75, 3.05) is 32.8 Å². The van der Waals surface area contributed by atoms with E-state index in [4.69, 9.17) is 9.84 Å². The number of ether oxygens (including phenoxy) is 1. The maximum absolute atomic E-state index is 13.2. The van der Waals surface area contributed by atoms with Crippen molar-refractivity contribution in [2.24, 2.45) is 0 Å². The fourth-order valence-electron chi connectivity index (χ4n) is 4.79. The molecule has 0 saturated carbocycles. The van der Waals surface area contributed by atoms with Crippen LogP contribution >= 0.6 is 0 Å². The summed E-state index contributed by atoms with van der Waals surface area (Å²) in [6.07, 6.45) is 13.6. The Balaban J connectivity index is 1.44. The maximum Gasteiger partial charge on any atom is 0.274 e. The van der Waals surface area contributed by atoms with Crippen molar-refractivity contribution < 1.29 is 9.53 Å². The van der Waals surface area contributed by atoms with Gasteiger partial charge >= 0.3 is 0 Å². The molecule has 1 fully saturated rings. The second kappa shape index (κ2) is 9.72. The highest BCUT2D eigenvalue weighted by atomic mass is 16.5. The normalized spacial score (nSPS) is 22.1. The number of amides is 1. The van der Waals surface area contributed by atoms with Gasteiger partial charge in [-0.25, -0.2) is 0 Å². The van der Waals surface area contributed by atoms with Crippen LogP contribution in [0.3, 0.4) is 0 Å². The number of morpholine rings is 1. The third-order valence-electron chi connectivity index (χ3n) is 6.41.